The number of hydrogen-bond acceptors (Lipinski definition) is 3. The average molecular weight is 450 g/mol. The van der Waals surface area contributed by atoms with Crippen LogP contribution in [0.15, 0.2) is 24.3 Å². The first-order valence-corrected chi connectivity index (χ1v) is 10.3. The molecule has 5 nitrogen and oxygen atoms in total. The molecule has 1 saturated heterocycles. The van der Waals surface area contributed by atoms with E-state index in [4.69, 9.17) is 16.7 Å². The van der Waals surface area contributed by atoms with Gasteiger partial charge in [-0.1, -0.05) is 30.7 Å². The number of rotatable bonds is 8. The molecule has 9 heteroatoms. The molecule has 1 fully saturated rings. The van der Waals surface area contributed by atoms with Gasteiger partial charge in [-0.15, -0.1) is 0 Å². The molecule has 4 atom stereocenters. The number of hydrogen-bond donors (Lipinski definition) is 2. The Kier molecular flexibility index (Phi) is 7.80. The summed E-state index contributed by atoms with van der Waals surface area (Å²) in [4.78, 5) is 25.9. The smallest absolute Gasteiger partial charge is 0.416 e. The van der Waals surface area contributed by atoms with E-state index in [0.29, 0.717) is 24.3 Å². The standard InChI is InChI=1S/C21H27ClF3NO4/c1-3-16(10-11-20(2,30)21(23,24)25)26-17(13-4-7-15(22)8-5-13)9-6-14(19(26)29)12-18(27)28/h4-5,7-8,14,16-17,30H,3,6,9-12H2,1-2H3,(H,27,28)/t14-,16+,17+,20?/m1/s1. The van der Waals surface area contributed by atoms with Crippen molar-refractivity contribution in [2.45, 2.75) is 76.2 Å². The monoisotopic (exact) mass is 449 g/mol. The van der Waals surface area contributed by atoms with Crippen LogP contribution in [-0.4, -0.2) is 44.8 Å². The highest BCUT2D eigenvalue weighted by molar-refractivity contribution is 6.30. The number of alkyl halides is 3. The van der Waals surface area contributed by atoms with E-state index in [-0.39, 0.29) is 24.8 Å². The summed E-state index contributed by atoms with van der Waals surface area (Å²) >= 11 is 5.95. The largest absolute Gasteiger partial charge is 0.481 e. The summed E-state index contributed by atoms with van der Waals surface area (Å²) in [5.41, 5.74) is -2.07. The molecule has 1 aromatic carbocycles. The normalized spacial score (nSPS) is 23.2. The van der Waals surface area contributed by atoms with E-state index in [0.717, 1.165) is 12.5 Å². The Morgan fingerprint density at radius 3 is 2.37 bits per heavy atom. The third kappa shape index (κ3) is 5.66. The highest BCUT2D eigenvalue weighted by Crippen LogP contribution is 2.40. The van der Waals surface area contributed by atoms with Gasteiger partial charge in [-0.2, -0.15) is 13.2 Å². The number of carboxylic acids is 1. The lowest BCUT2D eigenvalue weighted by atomic mass is 9.84. The third-order valence-electron chi connectivity index (χ3n) is 5.84. The van der Waals surface area contributed by atoms with Crippen molar-refractivity contribution in [2.24, 2.45) is 5.92 Å². The van der Waals surface area contributed by atoms with Gasteiger partial charge in [-0.25, -0.2) is 0 Å². The molecule has 0 bridgehead atoms. The second-order valence-corrected chi connectivity index (χ2v) is 8.49. The predicted molar refractivity (Wildman–Crippen MR) is 106 cm³/mol. The van der Waals surface area contributed by atoms with Crippen molar-refractivity contribution in [3.63, 3.8) is 0 Å². The summed E-state index contributed by atoms with van der Waals surface area (Å²) in [7, 11) is 0. The molecule has 1 amide bonds. The SMILES string of the molecule is CC[C@@H](CCC(C)(O)C(F)(F)F)N1C(=O)[C@@H](CC(=O)O)CC[C@H]1c1ccc(Cl)cc1. The Morgan fingerprint density at radius 1 is 1.27 bits per heavy atom. The fourth-order valence-corrected chi connectivity index (χ4v) is 4.09. The number of likely N-dealkylation sites (tertiary alicyclic amines) is 1. The van der Waals surface area contributed by atoms with Gasteiger partial charge in [0.05, 0.1) is 12.5 Å². The van der Waals surface area contributed by atoms with E-state index < -0.39 is 36.1 Å². The van der Waals surface area contributed by atoms with Crippen molar-refractivity contribution in [1.29, 1.82) is 0 Å². The van der Waals surface area contributed by atoms with Crippen molar-refractivity contribution in [3.8, 4) is 0 Å². The minimum atomic E-state index is -4.78. The molecular weight excluding hydrogens is 423 g/mol. The number of piperidine rings is 1. The maximum atomic E-state index is 13.2. The molecule has 0 spiro atoms. The number of aliphatic hydroxyl groups is 1. The van der Waals surface area contributed by atoms with E-state index >= 15 is 0 Å². The highest BCUT2D eigenvalue weighted by atomic mass is 35.5. The lowest BCUT2D eigenvalue weighted by molar-refractivity contribution is -0.256. The van der Waals surface area contributed by atoms with Gasteiger partial charge in [-0.3, -0.25) is 9.59 Å². The summed E-state index contributed by atoms with van der Waals surface area (Å²) in [5.74, 6) is -2.18. The summed E-state index contributed by atoms with van der Waals surface area (Å²) in [6.07, 6.45) is -4.46. The quantitative estimate of drug-likeness (QED) is 0.587. The van der Waals surface area contributed by atoms with Crippen LogP contribution in [0, 0.1) is 5.92 Å². The van der Waals surface area contributed by atoms with Gasteiger partial charge in [0.25, 0.3) is 0 Å². The van der Waals surface area contributed by atoms with Gasteiger partial charge in [-0.05, 0) is 56.7 Å². The molecule has 1 aliphatic rings. The van der Waals surface area contributed by atoms with Crippen LogP contribution in [0.5, 0.6) is 0 Å². The van der Waals surface area contributed by atoms with E-state index in [9.17, 15) is 27.9 Å². The van der Waals surface area contributed by atoms with Gasteiger partial charge < -0.3 is 15.1 Å². The highest BCUT2D eigenvalue weighted by Gasteiger charge is 2.50. The molecule has 30 heavy (non-hydrogen) atoms. The number of aliphatic carboxylic acids is 1. The molecule has 2 rings (SSSR count). The van der Waals surface area contributed by atoms with Crippen molar-refractivity contribution >= 4 is 23.5 Å². The van der Waals surface area contributed by atoms with Crippen molar-refractivity contribution in [1.82, 2.24) is 4.90 Å². The fourth-order valence-electron chi connectivity index (χ4n) is 3.96. The number of nitrogens with zero attached hydrogens (tertiary/aromatic N) is 1. The minimum Gasteiger partial charge on any atom is -0.481 e. The van der Waals surface area contributed by atoms with E-state index in [1.165, 1.54) is 4.90 Å². The van der Waals surface area contributed by atoms with E-state index in [1.807, 2.05) is 0 Å². The lowest BCUT2D eigenvalue weighted by Crippen LogP contribution is -2.50. The molecule has 1 heterocycles. The van der Waals surface area contributed by atoms with Crippen molar-refractivity contribution in [2.75, 3.05) is 0 Å². The van der Waals surface area contributed by atoms with Crippen LogP contribution in [-0.2, 0) is 9.59 Å². The summed E-state index contributed by atoms with van der Waals surface area (Å²) in [6, 6.07) is 5.94. The van der Waals surface area contributed by atoms with Gasteiger partial charge in [0, 0.05) is 17.0 Å². The zero-order valence-electron chi connectivity index (χ0n) is 17.0. The summed E-state index contributed by atoms with van der Waals surface area (Å²) in [6.45, 7) is 2.49. The molecule has 1 aliphatic heterocycles. The summed E-state index contributed by atoms with van der Waals surface area (Å²) in [5, 5.41) is 19.5. The second kappa shape index (κ2) is 9.56. The number of halogens is 4. The van der Waals surface area contributed by atoms with Crippen LogP contribution in [0.2, 0.25) is 5.02 Å². The van der Waals surface area contributed by atoms with Crippen LogP contribution in [0.25, 0.3) is 0 Å². The van der Waals surface area contributed by atoms with Gasteiger partial charge in [0.15, 0.2) is 5.60 Å². The predicted octanol–water partition coefficient (Wildman–Crippen LogP) is 4.97. The maximum absolute atomic E-state index is 13.2. The van der Waals surface area contributed by atoms with E-state index in [1.54, 1.807) is 31.2 Å². The number of benzene rings is 1. The topological polar surface area (TPSA) is 77.8 Å². The third-order valence-corrected chi connectivity index (χ3v) is 6.10. The summed E-state index contributed by atoms with van der Waals surface area (Å²) < 4.78 is 39.3. The van der Waals surface area contributed by atoms with Gasteiger partial charge in [0.2, 0.25) is 5.91 Å². The Morgan fingerprint density at radius 2 is 1.87 bits per heavy atom. The fraction of sp³-hybridized carbons (Fsp3) is 0.619. The molecule has 0 radical (unpaired) electrons. The number of amides is 1. The molecular formula is C21H27ClF3NO4. The lowest BCUT2D eigenvalue weighted by Gasteiger charge is -2.44. The number of carbonyl (C=O) groups is 2. The van der Waals surface area contributed by atoms with Gasteiger partial charge in [0.1, 0.15) is 0 Å². The molecule has 1 aromatic rings. The zero-order chi connectivity index (χ0) is 22.7. The Bertz CT molecular complexity index is 752. The Hall–Kier alpha value is -1.80. The first-order valence-electron chi connectivity index (χ1n) is 9.96. The van der Waals surface area contributed by atoms with Crippen LogP contribution in [0.4, 0.5) is 13.2 Å². The molecule has 0 aromatic heterocycles. The van der Waals surface area contributed by atoms with Gasteiger partial charge >= 0.3 is 12.1 Å². The molecule has 0 saturated carbocycles. The molecule has 0 aliphatic carbocycles. The number of carbonyl (C=O) groups excluding carboxylic acids is 1. The van der Waals surface area contributed by atoms with Crippen molar-refractivity contribution < 1.29 is 33.0 Å². The average Bonchev–Trinajstić information content (AvgIpc) is 2.64. The first kappa shape index (κ1) is 24.5. The van der Waals surface area contributed by atoms with Crippen LogP contribution < -0.4 is 0 Å². The maximum Gasteiger partial charge on any atom is 0.416 e. The van der Waals surface area contributed by atoms with Crippen LogP contribution in [0.3, 0.4) is 0 Å². The molecule has 1 unspecified atom stereocenters. The number of carboxylic acid groups (broad SMARTS) is 1. The first-order chi connectivity index (χ1) is 13.9. The Balaban J connectivity index is 2.33. The van der Waals surface area contributed by atoms with Crippen LogP contribution in [0.1, 0.15) is 64.0 Å². The Labute approximate surface area is 178 Å². The van der Waals surface area contributed by atoms with Crippen molar-refractivity contribution in [3.05, 3.63) is 34.9 Å². The second-order valence-electron chi connectivity index (χ2n) is 8.06. The molecule has 2 N–H and O–H groups in total. The van der Waals surface area contributed by atoms with E-state index in [2.05, 4.69) is 0 Å². The zero-order valence-corrected chi connectivity index (χ0v) is 17.7. The molecule has 168 valence electrons. The van der Waals surface area contributed by atoms with Crippen LogP contribution >= 0.6 is 11.6 Å². The minimum absolute atomic E-state index is 0.0569.